The molecule has 0 saturated carbocycles. The Morgan fingerprint density at radius 3 is 2.80 bits per heavy atom. The first-order valence-electron chi connectivity index (χ1n) is 5.57. The van der Waals surface area contributed by atoms with Crippen molar-refractivity contribution >= 4 is 5.91 Å². The summed E-state index contributed by atoms with van der Waals surface area (Å²) >= 11 is 0. The second-order valence-corrected chi connectivity index (χ2v) is 4.39. The monoisotopic (exact) mass is 286 g/mol. The van der Waals surface area contributed by atoms with E-state index in [1.54, 1.807) is 5.92 Å². The van der Waals surface area contributed by atoms with Gasteiger partial charge in [-0.3, -0.25) is 4.79 Å². The Bertz CT molecular complexity index is 532. The molecule has 0 aromatic carbocycles. The van der Waals surface area contributed by atoms with E-state index in [2.05, 4.69) is 11.9 Å². The molecule has 1 fully saturated rings. The number of ether oxygens (including phenoxy) is 1. The fourth-order valence-electron chi connectivity index (χ4n) is 2.02. The molecule has 1 amide bonds. The minimum Gasteiger partial charge on any atom is -0.390 e. The van der Waals surface area contributed by atoms with Crippen molar-refractivity contribution in [2.75, 3.05) is 6.61 Å². The minimum absolute atomic E-state index is 0.103. The number of aliphatic hydroxyl groups is 2. The van der Waals surface area contributed by atoms with Crippen LogP contribution in [-0.2, 0) is 9.53 Å². The van der Waals surface area contributed by atoms with Crippen LogP contribution in [0.25, 0.3) is 0 Å². The van der Waals surface area contributed by atoms with Crippen LogP contribution in [0.15, 0.2) is 24.7 Å². The van der Waals surface area contributed by atoms with Crippen LogP contribution in [0.5, 0.6) is 0 Å². The van der Waals surface area contributed by atoms with Crippen molar-refractivity contribution in [1.82, 2.24) is 10.2 Å². The fraction of sp³-hybridized carbons (Fsp3) is 0.417. The molecule has 0 spiro atoms. The summed E-state index contributed by atoms with van der Waals surface area (Å²) in [7, 11) is 0. The first-order chi connectivity index (χ1) is 9.28. The molecule has 2 rings (SSSR count). The van der Waals surface area contributed by atoms with Crippen molar-refractivity contribution in [3.8, 4) is 12.3 Å². The standard InChI is InChI=1S/C12H12F2N2O4/c1-3-11(13)9(19)12(14,6-17)20-10(11)16-5-4-8(18)15-7(16)2/h1,4-5,9-10,17,19H,2,6H2,(H,15,18)/t9-,10+,11+,12+/m0/s1. The van der Waals surface area contributed by atoms with Gasteiger partial charge in [-0.15, -0.1) is 6.42 Å². The van der Waals surface area contributed by atoms with Gasteiger partial charge in [0.05, 0.1) is 0 Å². The Balaban J connectivity index is 2.41. The van der Waals surface area contributed by atoms with Crippen LogP contribution in [0.1, 0.15) is 0 Å². The van der Waals surface area contributed by atoms with E-state index in [4.69, 9.17) is 16.3 Å². The Morgan fingerprint density at radius 2 is 2.30 bits per heavy atom. The van der Waals surface area contributed by atoms with E-state index in [1.807, 2.05) is 0 Å². The maximum atomic E-state index is 14.6. The molecule has 0 radical (unpaired) electrons. The smallest absolute Gasteiger partial charge is 0.264 e. The maximum Gasteiger partial charge on any atom is 0.264 e. The Morgan fingerprint density at radius 1 is 1.65 bits per heavy atom. The Labute approximate surface area is 113 Å². The highest BCUT2D eigenvalue weighted by Crippen LogP contribution is 2.44. The molecule has 4 atom stereocenters. The highest BCUT2D eigenvalue weighted by Gasteiger charge is 2.67. The molecule has 2 heterocycles. The number of hydrogen-bond donors (Lipinski definition) is 3. The topological polar surface area (TPSA) is 82.0 Å². The fourth-order valence-corrected chi connectivity index (χ4v) is 2.02. The number of nitrogens with one attached hydrogen (secondary N) is 1. The van der Waals surface area contributed by atoms with Gasteiger partial charge in [0.15, 0.2) is 12.3 Å². The van der Waals surface area contributed by atoms with Gasteiger partial charge in [0, 0.05) is 12.3 Å². The third-order valence-corrected chi connectivity index (χ3v) is 3.13. The van der Waals surface area contributed by atoms with Crippen molar-refractivity contribution < 1.29 is 28.5 Å². The highest BCUT2D eigenvalue weighted by molar-refractivity contribution is 5.89. The number of carbonyl (C=O) groups is 1. The number of alkyl halides is 2. The summed E-state index contributed by atoms with van der Waals surface area (Å²) in [5, 5.41) is 20.8. The first-order valence-corrected chi connectivity index (χ1v) is 5.57. The summed E-state index contributed by atoms with van der Waals surface area (Å²) in [6.45, 7) is 2.17. The molecule has 8 heteroatoms. The van der Waals surface area contributed by atoms with Crippen molar-refractivity contribution in [2.24, 2.45) is 0 Å². The molecule has 2 aliphatic heterocycles. The van der Waals surface area contributed by atoms with E-state index in [0.29, 0.717) is 0 Å². The zero-order chi connectivity index (χ0) is 15.1. The number of halogens is 2. The molecule has 0 aromatic rings. The predicted molar refractivity (Wildman–Crippen MR) is 62.7 cm³/mol. The van der Waals surface area contributed by atoms with Crippen LogP contribution >= 0.6 is 0 Å². The van der Waals surface area contributed by atoms with Crippen molar-refractivity contribution in [2.45, 2.75) is 23.9 Å². The molecule has 108 valence electrons. The minimum atomic E-state index is -3.05. The molecule has 0 bridgehead atoms. The summed E-state index contributed by atoms with van der Waals surface area (Å²) in [4.78, 5) is 12.0. The van der Waals surface area contributed by atoms with Gasteiger partial charge in [-0.05, 0) is 0 Å². The van der Waals surface area contributed by atoms with E-state index in [-0.39, 0.29) is 5.82 Å². The number of aliphatic hydroxyl groups excluding tert-OH is 2. The second kappa shape index (κ2) is 4.56. The van der Waals surface area contributed by atoms with Crippen LogP contribution in [-0.4, -0.2) is 51.5 Å². The zero-order valence-corrected chi connectivity index (χ0v) is 10.2. The number of carbonyl (C=O) groups excluding carboxylic acids is 1. The van der Waals surface area contributed by atoms with Crippen LogP contribution < -0.4 is 5.32 Å². The molecular weight excluding hydrogens is 274 g/mol. The highest BCUT2D eigenvalue weighted by atomic mass is 19.2. The molecular formula is C12H12F2N2O4. The quantitative estimate of drug-likeness (QED) is 0.574. The molecule has 0 aliphatic carbocycles. The first kappa shape index (κ1) is 14.5. The molecule has 3 N–H and O–H groups in total. The third kappa shape index (κ3) is 1.87. The number of terminal acetylenes is 1. The lowest BCUT2D eigenvalue weighted by atomic mass is 9.95. The lowest BCUT2D eigenvalue weighted by Gasteiger charge is -2.34. The maximum absolute atomic E-state index is 14.6. The number of hydrogen-bond acceptors (Lipinski definition) is 5. The van der Waals surface area contributed by atoms with Gasteiger partial charge in [-0.25, -0.2) is 8.78 Å². The second-order valence-electron chi connectivity index (χ2n) is 4.39. The molecule has 0 aromatic heterocycles. The van der Waals surface area contributed by atoms with E-state index in [9.17, 15) is 18.7 Å². The van der Waals surface area contributed by atoms with E-state index >= 15 is 0 Å². The Hall–Kier alpha value is -1.95. The molecule has 20 heavy (non-hydrogen) atoms. The van der Waals surface area contributed by atoms with Gasteiger partial charge in [-0.1, -0.05) is 12.5 Å². The average molecular weight is 286 g/mol. The lowest BCUT2D eigenvalue weighted by molar-refractivity contribution is -0.210. The number of amides is 1. The SMILES string of the molecule is C#C[C@]1(F)[C@H](N2C=CC(=O)NC2=C)O[C@](F)(CO)[C@H]1O. The number of nitrogens with zero attached hydrogens (tertiary/aromatic N) is 1. The van der Waals surface area contributed by atoms with Crippen molar-refractivity contribution in [3.63, 3.8) is 0 Å². The van der Waals surface area contributed by atoms with Gasteiger partial charge in [0.2, 0.25) is 5.67 Å². The van der Waals surface area contributed by atoms with Crippen molar-refractivity contribution in [1.29, 1.82) is 0 Å². The lowest BCUT2D eigenvalue weighted by Crippen LogP contribution is -2.52. The molecule has 6 nitrogen and oxygen atoms in total. The summed E-state index contributed by atoms with van der Waals surface area (Å²) in [6, 6.07) is 0. The zero-order valence-electron chi connectivity index (χ0n) is 10.2. The van der Waals surface area contributed by atoms with Crippen LogP contribution in [0, 0.1) is 12.3 Å². The molecule has 0 unspecified atom stereocenters. The summed E-state index contributed by atoms with van der Waals surface area (Å²) in [5.41, 5.74) is -2.94. The van der Waals surface area contributed by atoms with Gasteiger partial charge in [0.1, 0.15) is 12.4 Å². The van der Waals surface area contributed by atoms with Crippen LogP contribution in [0.2, 0.25) is 0 Å². The summed E-state index contributed by atoms with van der Waals surface area (Å²) in [6.07, 6.45) is 2.96. The molecule has 2 aliphatic rings. The normalized spacial score (nSPS) is 40.6. The van der Waals surface area contributed by atoms with Gasteiger partial charge in [0.25, 0.3) is 11.8 Å². The van der Waals surface area contributed by atoms with Crippen molar-refractivity contribution in [3.05, 3.63) is 24.7 Å². The van der Waals surface area contributed by atoms with E-state index in [1.165, 1.54) is 0 Å². The number of rotatable bonds is 2. The third-order valence-electron chi connectivity index (χ3n) is 3.13. The average Bonchev–Trinajstić information content (AvgIpc) is 2.62. The van der Waals surface area contributed by atoms with Gasteiger partial charge < -0.3 is 25.2 Å². The predicted octanol–water partition coefficient (Wildman–Crippen LogP) is -0.880. The Kier molecular flexibility index (Phi) is 3.29. The van der Waals surface area contributed by atoms with E-state index < -0.39 is 36.4 Å². The van der Waals surface area contributed by atoms with Gasteiger partial charge in [-0.2, -0.15) is 0 Å². The van der Waals surface area contributed by atoms with Gasteiger partial charge >= 0.3 is 0 Å². The molecule has 1 saturated heterocycles. The van der Waals surface area contributed by atoms with Crippen LogP contribution in [0.4, 0.5) is 8.78 Å². The summed E-state index contributed by atoms with van der Waals surface area (Å²) < 4.78 is 33.5. The van der Waals surface area contributed by atoms with E-state index in [0.717, 1.165) is 17.2 Å². The largest absolute Gasteiger partial charge is 0.390 e. The van der Waals surface area contributed by atoms with Crippen LogP contribution in [0.3, 0.4) is 0 Å². The summed E-state index contributed by atoms with van der Waals surface area (Å²) in [5.74, 6) is -2.03.